The Bertz CT molecular complexity index is 1090. The molecule has 0 saturated carbocycles. The normalized spacial score (nSPS) is 10.5. The van der Waals surface area contributed by atoms with E-state index in [0.717, 1.165) is 22.9 Å². The first-order chi connectivity index (χ1) is 12.8. The third-order valence-corrected chi connectivity index (χ3v) is 4.50. The predicted octanol–water partition coefficient (Wildman–Crippen LogP) is 3.67. The van der Waals surface area contributed by atoms with E-state index in [1.807, 2.05) is 20.8 Å². The van der Waals surface area contributed by atoms with Gasteiger partial charge in [-0.15, -0.1) is 0 Å². The van der Waals surface area contributed by atoms with Crippen molar-refractivity contribution >= 4 is 11.6 Å². The molecule has 0 atom stereocenters. The van der Waals surface area contributed by atoms with Crippen LogP contribution in [-0.4, -0.2) is 20.7 Å². The van der Waals surface area contributed by atoms with Crippen molar-refractivity contribution in [3.05, 3.63) is 64.4 Å². The number of aryl methyl sites for hydroxylation is 2. The molecule has 0 saturated heterocycles. The van der Waals surface area contributed by atoms with Crippen LogP contribution in [0.4, 0.5) is 10.1 Å². The fourth-order valence-electron chi connectivity index (χ4n) is 2.84. The van der Waals surface area contributed by atoms with E-state index in [1.165, 1.54) is 18.3 Å². The summed E-state index contributed by atoms with van der Waals surface area (Å²) in [6.07, 6.45) is 3.14. The van der Waals surface area contributed by atoms with Crippen LogP contribution in [0.3, 0.4) is 0 Å². The van der Waals surface area contributed by atoms with Crippen LogP contribution in [0.15, 0.2) is 30.6 Å². The summed E-state index contributed by atoms with van der Waals surface area (Å²) in [4.78, 5) is 17.0. The van der Waals surface area contributed by atoms with Gasteiger partial charge in [0.25, 0.3) is 5.91 Å². The minimum absolute atomic E-state index is 0.135. The van der Waals surface area contributed by atoms with Crippen molar-refractivity contribution in [1.29, 1.82) is 5.26 Å². The first kappa shape index (κ1) is 18.3. The lowest BCUT2D eigenvalue weighted by Gasteiger charge is -2.13. The number of hydrogen-bond donors (Lipinski definition) is 1. The molecule has 0 unspecified atom stereocenters. The molecule has 1 aromatic carbocycles. The van der Waals surface area contributed by atoms with Gasteiger partial charge in [0.15, 0.2) is 0 Å². The van der Waals surface area contributed by atoms with Gasteiger partial charge in [0, 0.05) is 30.1 Å². The van der Waals surface area contributed by atoms with Gasteiger partial charge < -0.3 is 5.32 Å². The second-order valence-corrected chi connectivity index (χ2v) is 6.37. The van der Waals surface area contributed by atoms with E-state index in [1.54, 1.807) is 17.9 Å². The van der Waals surface area contributed by atoms with Crippen LogP contribution in [0, 0.1) is 37.9 Å². The molecular weight excluding hydrogens is 345 g/mol. The molecule has 136 valence electrons. The first-order valence-corrected chi connectivity index (χ1v) is 8.29. The fraction of sp³-hybridized carbons (Fsp3) is 0.200. The maximum absolute atomic E-state index is 14.2. The standard InChI is InChI=1S/C20H18FN5O/c1-11-12(2)18(8-22)19(24-13(11)3)14-5-15(7-16(21)6-14)20(27)25-17-9-23-26(4)10-17/h5-7,9-10H,1-4H3,(H,25,27). The van der Waals surface area contributed by atoms with Crippen LogP contribution in [0.1, 0.15) is 32.7 Å². The van der Waals surface area contributed by atoms with Crippen molar-refractivity contribution in [2.45, 2.75) is 20.8 Å². The number of benzene rings is 1. The Morgan fingerprint density at radius 2 is 1.96 bits per heavy atom. The summed E-state index contributed by atoms with van der Waals surface area (Å²) in [7, 11) is 1.73. The number of nitriles is 1. The Morgan fingerprint density at radius 1 is 1.22 bits per heavy atom. The number of pyridine rings is 1. The van der Waals surface area contributed by atoms with E-state index in [2.05, 4.69) is 21.5 Å². The van der Waals surface area contributed by atoms with Gasteiger partial charge in [0.1, 0.15) is 11.9 Å². The van der Waals surface area contributed by atoms with Gasteiger partial charge >= 0.3 is 0 Å². The summed E-state index contributed by atoms with van der Waals surface area (Å²) in [5, 5.41) is 16.2. The van der Waals surface area contributed by atoms with Gasteiger partial charge in [-0.05, 0) is 50.1 Å². The molecule has 0 radical (unpaired) electrons. The number of halogens is 1. The number of carbonyl (C=O) groups excluding carboxylic acids is 1. The van der Waals surface area contributed by atoms with Crippen molar-refractivity contribution in [2.24, 2.45) is 7.05 Å². The highest BCUT2D eigenvalue weighted by Gasteiger charge is 2.17. The van der Waals surface area contributed by atoms with Crippen LogP contribution in [-0.2, 0) is 7.05 Å². The lowest BCUT2D eigenvalue weighted by Crippen LogP contribution is -2.12. The summed E-state index contributed by atoms with van der Waals surface area (Å²) in [6.45, 7) is 5.56. The van der Waals surface area contributed by atoms with Crippen LogP contribution >= 0.6 is 0 Å². The second-order valence-electron chi connectivity index (χ2n) is 6.37. The summed E-state index contributed by atoms with van der Waals surface area (Å²) < 4.78 is 15.8. The fourth-order valence-corrected chi connectivity index (χ4v) is 2.84. The molecule has 0 fully saturated rings. The highest BCUT2D eigenvalue weighted by atomic mass is 19.1. The van der Waals surface area contributed by atoms with Gasteiger partial charge in [0.05, 0.1) is 23.1 Å². The van der Waals surface area contributed by atoms with Gasteiger partial charge in [-0.3, -0.25) is 14.5 Å². The molecule has 0 aliphatic rings. The van der Waals surface area contributed by atoms with Crippen molar-refractivity contribution in [2.75, 3.05) is 5.32 Å². The number of aromatic nitrogens is 3. The smallest absolute Gasteiger partial charge is 0.255 e. The van der Waals surface area contributed by atoms with Crippen LogP contribution in [0.25, 0.3) is 11.3 Å². The molecule has 3 rings (SSSR count). The number of anilines is 1. The molecule has 2 aromatic heterocycles. The molecule has 3 aromatic rings. The largest absolute Gasteiger partial charge is 0.319 e. The Kier molecular flexibility index (Phi) is 4.74. The zero-order valence-corrected chi connectivity index (χ0v) is 15.5. The van der Waals surface area contributed by atoms with E-state index >= 15 is 0 Å². The van der Waals surface area contributed by atoms with Crippen LogP contribution in [0.5, 0.6) is 0 Å². The van der Waals surface area contributed by atoms with Crippen molar-refractivity contribution < 1.29 is 9.18 Å². The Hall–Kier alpha value is -3.53. The number of carbonyl (C=O) groups is 1. The quantitative estimate of drug-likeness (QED) is 0.769. The Labute approximate surface area is 156 Å². The SMILES string of the molecule is Cc1nc(-c2cc(F)cc(C(=O)Nc3cnn(C)c3)c2)c(C#N)c(C)c1C. The van der Waals surface area contributed by atoms with Crippen molar-refractivity contribution in [3.8, 4) is 17.3 Å². The summed E-state index contributed by atoms with van der Waals surface area (Å²) >= 11 is 0. The molecule has 7 heteroatoms. The van der Waals surface area contributed by atoms with Gasteiger partial charge in [-0.2, -0.15) is 10.4 Å². The zero-order valence-electron chi connectivity index (χ0n) is 15.5. The first-order valence-electron chi connectivity index (χ1n) is 8.29. The highest BCUT2D eigenvalue weighted by molar-refractivity contribution is 6.04. The third-order valence-electron chi connectivity index (χ3n) is 4.50. The number of nitrogens with one attached hydrogen (secondary N) is 1. The number of hydrogen-bond acceptors (Lipinski definition) is 4. The summed E-state index contributed by atoms with van der Waals surface area (Å²) in [5.41, 5.74) is 4.24. The predicted molar refractivity (Wildman–Crippen MR) is 99.7 cm³/mol. The van der Waals surface area contributed by atoms with E-state index in [4.69, 9.17) is 0 Å². The molecule has 1 amide bonds. The second kappa shape index (κ2) is 7.00. The average Bonchev–Trinajstić information content (AvgIpc) is 3.03. The van der Waals surface area contributed by atoms with Gasteiger partial charge in [0.2, 0.25) is 0 Å². The van der Waals surface area contributed by atoms with E-state index in [-0.39, 0.29) is 5.56 Å². The monoisotopic (exact) mass is 363 g/mol. The van der Waals surface area contributed by atoms with Gasteiger partial charge in [-0.1, -0.05) is 0 Å². The lowest BCUT2D eigenvalue weighted by molar-refractivity contribution is 0.102. The molecule has 0 bridgehead atoms. The molecule has 0 aliphatic carbocycles. The Morgan fingerprint density at radius 3 is 2.59 bits per heavy atom. The molecule has 0 aliphatic heterocycles. The average molecular weight is 363 g/mol. The topological polar surface area (TPSA) is 83.6 Å². The molecule has 2 heterocycles. The minimum Gasteiger partial charge on any atom is -0.319 e. The molecule has 1 N–H and O–H groups in total. The lowest BCUT2D eigenvalue weighted by atomic mass is 9.96. The Balaban J connectivity index is 2.07. The minimum atomic E-state index is -0.578. The maximum atomic E-state index is 14.2. The summed E-state index contributed by atoms with van der Waals surface area (Å²) in [5.74, 6) is -1.05. The molecule has 6 nitrogen and oxygen atoms in total. The van der Waals surface area contributed by atoms with E-state index < -0.39 is 11.7 Å². The van der Waals surface area contributed by atoms with Crippen LogP contribution < -0.4 is 5.32 Å². The number of amides is 1. The zero-order chi connectivity index (χ0) is 19.7. The van der Waals surface area contributed by atoms with Crippen LogP contribution in [0.2, 0.25) is 0 Å². The number of rotatable bonds is 3. The van der Waals surface area contributed by atoms with Crippen molar-refractivity contribution in [1.82, 2.24) is 14.8 Å². The third kappa shape index (κ3) is 3.55. The number of nitrogens with zero attached hydrogens (tertiary/aromatic N) is 4. The van der Waals surface area contributed by atoms with E-state index in [0.29, 0.717) is 22.5 Å². The summed E-state index contributed by atoms with van der Waals surface area (Å²) in [6, 6.07) is 6.10. The van der Waals surface area contributed by atoms with Crippen molar-refractivity contribution in [3.63, 3.8) is 0 Å². The van der Waals surface area contributed by atoms with E-state index in [9.17, 15) is 14.4 Å². The molecular formula is C20H18FN5O. The maximum Gasteiger partial charge on any atom is 0.255 e. The molecule has 0 spiro atoms. The molecule has 27 heavy (non-hydrogen) atoms. The highest BCUT2D eigenvalue weighted by Crippen LogP contribution is 2.28. The van der Waals surface area contributed by atoms with Gasteiger partial charge in [-0.25, -0.2) is 4.39 Å².